The van der Waals surface area contributed by atoms with Gasteiger partial charge in [-0.25, -0.2) is 9.18 Å². The highest BCUT2D eigenvalue weighted by Gasteiger charge is 2.12. The van der Waals surface area contributed by atoms with Crippen LogP contribution in [-0.4, -0.2) is 24.2 Å². The van der Waals surface area contributed by atoms with E-state index in [0.29, 0.717) is 30.9 Å². The smallest absolute Gasteiger partial charge is 0.345 e. The predicted molar refractivity (Wildman–Crippen MR) is 125 cm³/mol. The van der Waals surface area contributed by atoms with Gasteiger partial charge in [-0.05, 0) is 31.0 Å². The van der Waals surface area contributed by atoms with Gasteiger partial charge in [0.2, 0.25) is 11.6 Å². The van der Waals surface area contributed by atoms with Crippen LogP contribution in [0.25, 0.3) is 22.2 Å². The van der Waals surface area contributed by atoms with Crippen molar-refractivity contribution in [3.63, 3.8) is 0 Å². The first-order valence-corrected chi connectivity index (χ1v) is 11.6. The number of rotatable bonds is 13. The molecule has 0 atom stereocenters. The Bertz CT molecular complexity index is 1110. The van der Waals surface area contributed by atoms with Gasteiger partial charge in [0.15, 0.2) is 0 Å². The summed E-state index contributed by atoms with van der Waals surface area (Å²) >= 11 is 0. The van der Waals surface area contributed by atoms with E-state index in [0.717, 1.165) is 44.9 Å². The average molecular weight is 456 g/mol. The van der Waals surface area contributed by atoms with E-state index in [-0.39, 0.29) is 22.8 Å². The first-order valence-electron chi connectivity index (χ1n) is 11.6. The Morgan fingerprint density at radius 2 is 1.64 bits per heavy atom. The first kappa shape index (κ1) is 24.4. The zero-order chi connectivity index (χ0) is 23.5. The Morgan fingerprint density at radius 3 is 2.36 bits per heavy atom. The van der Waals surface area contributed by atoms with E-state index in [1.54, 1.807) is 43.3 Å². The van der Waals surface area contributed by atoms with Crippen molar-refractivity contribution in [2.24, 2.45) is 0 Å². The third-order valence-electron chi connectivity index (χ3n) is 5.33. The molecule has 0 spiro atoms. The van der Waals surface area contributed by atoms with Gasteiger partial charge in [-0.2, -0.15) is 4.98 Å². The fraction of sp³-hybridized carbons (Fsp3) is 0.423. The summed E-state index contributed by atoms with van der Waals surface area (Å²) in [7, 11) is 0. The topological polar surface area (TPSA) is 78.6 Å². The molecule has 2 heterocycles. The molecular weight excluding hydrogens is 425 g/mol. The van der Waals surface area contributed by atoms with Crippen LogP contribution >= 0.6 is 0 Å². The quantitative estimate of drug-likeness (QED) is 0.230. The molecule has 3 rings (SSSR count). The fourth-order valence-electron chi connectivity index (χ4n) is 3.48. The maximum atomic E-state index is 14.0. The standard InChI is InChI=1S/C26H30FNO5/c1-2-24(29)32-17-11-7-5-3-4-6-10-16-31-23-15-14-19-18-21(26(30)33-25(19)28-23)20-12-8-9-13-22(20)27/h8-9,12-15,18H,2-7,10-11,16-17H2,1H3. The zero-order valence-electron chi connectivity index (χ0n) is 19.0. The molecule has 6 nitrogen and oxygen atoms in total. The van der Waals surface area contributed by atoms with E-state index >= 15 is 0 Å². The molecule has 1 aromatic carbocycles. The highest BCUT2D eigenvalue weighted by molar-refractivity contribution is 5.79. The molecule has 0 aliphatic heterocycles. The Kier molecular flexibility index (Phi) is 9.42. The van der Waals surface area contributed by atoms with Gasteiger partial charge < -0.3 is 13.9 Å². The largest absolute Gasteiger partial charge is 0.478 e. The summed E-state index contributed by atoms with van der Waals surface area (Å²) < 4.78 is 30.1. The fourth-order valence-corrected chi connectivity index (χ4v) is 3.48. The monoisotopic (exact) mass is 455 g/mol. The summed E-state index contributed by atoms with van der Waals surface area (Å²) in [4.78, 5) is 27.7. The number of aromatic nitrogens is 1. The van der Waals surface area contributed by atoms with Gasteiger partial charge in [0, 0.05) is 23.4 Å². The number of hydrogen-bond acceptors (Lipinski definition) is 6. The second-order valence-electron chi connectivity index (χ2n) is 7.87. The van der Waals surface area contributed by atoms with Crippen molar-refractivity contribution in [2.75, 3.05) is 13.2 Å². The van der Waals surface area contributed by atoms with Crippen molar-refractivity contribution in [3.05, 3.63) is 58.7 Å². The zero-order valence-corrected chi connectivity index (χ0v) is 19.0. The summed E-state index contributed by atoms with van der Waals surface area (Å²) in [5, 5.41) is 0.602. The molecule has 0 unspecified atom stereocenters. The van der Waals surface area contributed by atoms with Crippen LogP contribution in [0.5, 0.6) is 5.88 Å². The van der Waals surface area contributed by atoms with Gasteiger partial charge in [-0.15, -0.1) is 0 Å². The molecule has 0 aliphatic rings. The Morgan fingerprint density at radius 1 is 0.939 bits per heavy atom. The van der Waals surface area contributed by atoms with E-state index in [2.05, 4.69) is 4.98 Å². The Balaban J connectivity index is 1.39. The van der Waals surface area contributed by atoms with Crippen molar-refractivity contribution in [1.82, 2.24) is 4.98 Å². The van der Waals surface area contributed by atoms with Gasteiger partial charge in [-0.3, -0.25) is 4.79 Å². The maximum Gasteiger partial charge on any atom is 0.345 e. The summed E-state index contributed by atoms with van der Waals surface area (Å²) in [6.45, 7) is 2.84. The molecule has 0 bridgehead atoms. The summed E-state index contributed by atoms with van der Waals surface area (Å²) in [5.74, 6) is -0.217. The van der Waals surface area contributed by atoms with Gasteiger partial charge >= 0.3 is 11.6 Å². The third kappa shape index (κ3) is 7.41. The number of esters is 1. The molecule has 33 heavy (non-hydrogen) atoms. The van der Waals surface area contributed by atoms with E-state index < -0.39 is 11.4 Å². The number of carbonyl (C=O) groups excluding carboxylic acids is 1. The van der Waals surface area contributed by atoms with Gasteiger partial charge in [0.1, 0.15) is 5.82 Å². The summed E-state index contributed by atoms with van der Waals surface area (Å²) in [5.41, 5.74) is -0.102. The van der Waals surface area contributed by atoms with Crippen molar-refractivity contribution in [1.29, 1.82) is 0 Å². The second kappa shape index (κ2) is 12.7. The number of benzene rings is 1. The van der Waals surface area contributed by atoms with Crippen LogP contribution in [0.4, 0.5) is 4.39 Å². The molecule has 0 aliphatic carbocycles. The van der Waals surface area contributed by atoms with E-state index in [1.165, 1.54) is 6.07 Å². The molecule has 0 N–H and O–H groups in total. The van der Waals surface area contributed by atoms with E-state index in [4.69, 9.17) is 13.9 Å². The van der Waals surface area contributed by atoms with E-state index in [9.17, 15) is 14.0 Å². The van der Waals surface area contributed by atoms with Crippen molar-refractivity contribution < 1.29 is 23.1 Å². The molecule has 0 saturated heterocycles. The number of halogens is 1. The molecule has 2 aromatic heterocycles. The molecular formula is C26H30FNO5. The number of unbranched alkanes of at least 4 members (excludes halogenated alkanes) is 6. The minimum absolute atomic E-state index is 0.134. The minimum atomic E-state index is -0.638. The SMILES string of the molecule is CCC(=O)OCCCCCCCCCOc1ccc2cc(-c3ccccc3F)c(=O)oc2n1. The lowest BCUT2D eigenvalue weighted by atomic mass is 10.1. The highest BCUT2D eigenvalue weighted by atomic mass is 19.1. The number of fused-ring (bicyclic) bond motifs is 1. The normalized spacial score (nSPS) is 11.0. The minimum Gasteiger partial charge on any atom is -0.478 e. The molecule has 7 heteroatoms. The lowest BCUT2D eigenvalue weighted by Gasteiger charge is -2.07. The van der Waals surface area contributed by atoms with Crippen LogP contribution in [-0.2, 0) is 9.53 Å². The highest BCUT2D eigenvalue weighted by Crippen LogP contribution is 2.24. The van der Waals surface area contributed by atoms with Gasteiger partial charge in [0.25, 0.3) is 0 Å². The lowest BCUT2D eigenvalue weighted by Crippen LogP contribution is -2.05. The number of pyridine rings is 1. The predicted octanol–water partition coefficient (Wildman–Crippen LogP) is 6.06. The first-order chi connectivity index (χ1) is 16.1. The number of ether oxygens (including phenoxy) is 2. The third-order valence-corrected chi connectivity index (χ3v) is 5.33. The lowest BCUT2D eigenvalue weighted by molar-refractivity contribution is -0.143. The summed E-state index contributed by atoms with van der Waals surface area (Å²) in [6.07, 6.45) is 7.77. The second-order valence-corrected chi connectivity index (χ2v) is 7.87. The average Bonchev–Trinajstić information content (AvgIpc) is 2.82. The van der Waals surface area contributed by atoms with Crippen molar-refractivity contribution in [2.45, 2.75) is 58.3 Å². The number of nitrogens with zero attached hydrogens (tertiary/aromatic N) is 1. The van der Waals surface area contributed by atoms with Crippen LogP contribution in [0.1, 0.15) is 58.3 Å². The summed E-state index contributed by atoms with van der Waals surface area (Å²) in [6, 6.07) is 11.2. The molecule has 176 valence electrons. The van der Waals surface area contributed by atoms with Crippen LogP contribution in [0.3, 0.4) is 0 Å². The van der Waals surface area contributed by atoms with Gasteiger partial charge in [-0.1, -0.05) is 57.2 Å². The number of hydrogen-bond donors (Lipinski definition) is 0. The Hall–Kier alpha value is -3.22. The van der Waals surface area contributed by atoms with Crippen molar-refractivity contribution >= 4 is 17.1 Å². The van der Waals surface area contributed by atoms with E-state index in [1.807, 2.05) is 0 Å². The van der Waals surface area contributed by atoms with Crippen LogP contribution in [0, 0.1) is 5.82 Å². The molecule has 0 saturated carbocycles. The van der Waals surface area contributed by atoms with Crippen LogP contribution < -0.4 is 10.4 Å². The molecule has 0 radical (unpaired) electrons. The molecule has 0 fully saturated rings. The Labute approximate surface area is 192 Å². The van der Waals surface area contributed by atoms with Crippen LogP contribution in [0.2, 0.25) is 0 Å². The molecule has 0 amide bonds. The molecule has 3 aromatic rings. The van der Waals surface area contributed by atoms with Gasteiger partial charge in [0.05, 0.1) is 18.8 Å². The van der Waals surface area contributed by atoms with Crippen LogP contribution in [0.15, 0.2) is 51.7 Å². The van der Waals surface area contributed by atoms with Crippen molar-refractivity contribution in [3.8, 4) is 17.0 Å². The maximum absolute atomic E-state index is 14.0. The number of carbonyl (C=O) groups is 1.